The normalized spacial score (nSPS) is 10.3. The predicted molar refractivity (Wildman–Crippen MR) is 71.7 cm³/mol. The molecule has 2 aromatic carbocycles. The number of ether oxygens (including phenoxy) is 1. The molecule has 2 aromatic rings. The van der Waals surface area contributed by atoms with Crippen LogP contribution in [0, 0.1) is 15.9 Å². The van der Waals surface area contributed by atoms with E-state index in [0.29, 0.717) is 17.9 Å². The van der Waals surface area contributed by atoms with Crippen molar-refractivity contribution in [3.05, 3.63) is 69.5 Å². The molecule has 0 spiro atoms. The van der Waals surface area contributed by atoms with Gasteiger partial charge in [0.1, 0.15) is 12.4 Å². The third-order valence-corrected chi connectivity index (χ3v) is 2.80. The third kappa shape index (κ3) is 3.10. The fraction of sp³-hybridized carbons (Fsp3) is 0.143. The molecule has 6 heteroatoms. The van der Waals surface area contributed by atoms with Crippen LogP contribution in [0.5, 0.6) is 5.75 Å². The molecule has 0 amide bonds. The van der Waals surface area contributed by atoms with Crippen LogP contribution in [0.15, 0.2) is 42.5 Å². The second kappa shape index (κ2) is 6.12. The average Bonchev–Trinajstić information content (AvgIpc) is 2.45. The van der Waals surface area contributed by atoms with Gasteiger partial charge in [0.05, 0.1) is 4.92 Å². The van der Waals surface area contributed by atoms with Crippen LogP contribution in [0.1, 0.15) is 11.1 Å². The second-order valence-corrected chi connectivity index (χ2v) is 4.14. The molecule has 0 bridgehead atoms. The highest BCUT2D eigenvalue weighted by atomic mass is 19.1. The van der Waals surface area contributed by atoms with E-state index in [-0.39, 0.29) is 6.61 Å². The minimum atomic E-state index is -0.872. The molecule has 0 aliphatic heterocycles. The molecule has 0 unspecified atom stereocenters. The van der Waals surface area contributed by atoms with E-state index in [2.05, 4.69) is 0 Å². The van der Waals surface area contributed by atoms with Gasteiger partial charge in [0.25, 0.3) is 0 Å². The first-order valence-corrected chi connectivity index (χ1v) is 5.95. The van der Waals surface area contributed by atoms with Crippen molar-refractivity contribution >= 4 is 5.69 Å². The van der Waals surface area contributed by atoms with Gasteiger partial charge in [0.15, 0.2) is 0 Å². The zero-order valence-electron chi connectivity index (χ0n) is 10.6. The fourth-order valence-electron chi connectivity index (χ4n) is 1.76. The topological polar surface area (TPSA) is 78.4 Å². The molecule has 0 heterocycles. The van der Waals surface area contributed by atoms with Gasteiger partial charge < -0.3 is 10.5 Å². The van der Waals surface area contributed by atoms with Crippen molar-refractivity contribution in [2.24, 2.45) is 5.73 Å². The summed E-state index contributed by atoms with van der Waals surface area (Å²) in [7, 11) is 0. The van der Waals surface area contributed by atoms with Gasteiger partial charge in [-0.3, -0.25) is 10.1 Å². The van der Waals surface area contributed by atoms with E-state index < -0.39 is 16.4 Å². The average molecular weight is 276 g/mol. The van der Waals surface area contributed by atoms with E-state index in [1.807, 2.05) is 18.2 Å². The lowest BCUT2D eigenvalue weighted by molar-refractivity contribution is -0.387. The number of hydrogen-bond donors (Lipinski definition) is 1. The number of hydrogen-bond acceptors (Lipinski definition) is 4. The number of benzene rings is 2. The van der Waals surface area contributed by atoms with Gasteiger partial charge in [-0.1, -0.05) is 18.2 Å². The van der Waals surface area contributed by atoms with Crippen LogP contribution in [-0.2, 0) is 13.2 Å². The molecule has 0 radical (unpaired) electrons. The van der Waals surface area contributed by atoms with Crippen LogP contribution in [0.2, 0.25) is 0 Å². The van der Waals surface area contributed by atoms with Gasteiger partial charge in [0.2, 0.25) is 5.82 Å². The van der Waals surface area contributed by atoms with Gasteiger partial charge in [0, 0.05) is 18.2 Å². The third-order valence-electron chi connectivity index (χ3n) is 2.80. The number of nitro groups is 1. The van der Waals surface area contributed by atoms with E-state index in [4.69, 9.17) is 10.5 Å². The molecular formula is C14H13FN2O3. The number of halogens is 1. The quantitative estimate of drug-likeness (QED) is 0.672. The van der Waals surface area contributed by atoms with Crippen molar-refractivity contribution in [3.63, 3.8) is 0 Å². The highest BCUT2D eigenvalue weighted by Crippen LogP contribution is 2.21. The van der Waals surface area contributed by atoms with E-state index in [1.54, 1.807) is 6.07 Å². The van der Waals surface area contributed by atoms with Crippen molar-refractivity contribution in [2.45, 2.75) is 13.2 Å². The van der Waals surface area contributed by atoms with E-state index in [9.17, 15) is 14.5 Å². The summed E-state index contributed by atoms with van der Waals surface area (Å²) in [5.74, 6) is -0.253. The Morgan fingerprint density at radius 1 is 1.25 bits per heavy atom. The van der Waals surface area contributed by atoms with Gasteiger partial charge >= 0.3 is 5.69 Å². The summed E-state index contributed by atoms with van der Waals surface area (Å²) in [6.45, 7) is 0.455. The minimum absolute atomic E-state index is 0.117. The summed E-state index contributed by atoms with van der Waals surface area (Å²) >= 11 is 0. The van der Waals surface area contributed by atoms with Crippen molar-refractivity contribution in [1.29, 1.82) is 0 Å². The van der Waals surface area contributed by atoms with Gasteiger partial charge in [-0.15, -0.1) is 0 Å². The highest BCUT2D eigenvalue weighted by molar-refractivity contribution is 5.36. The van der Waals surface area contributed by atoms with E-state index in [1.165, 1.54) is 6.07 Å². The monoisotopic (exact) mass is 276 g/mol. The lowest BCUT2D eigenvalue weighted by atomic mass is 10.2. The van der Waals surface area contributed by atoms with Crippen molar-refractivity contribution in [1.82, 2.24) is 0 Å². The molecule has 0 aliphatic rings. The Balaban J connectivity index is 2.11. The molecule has 0 aliphatic carbocycles. The summed E-state index contributed by atoms with van der Waals surface area (Å²) < 4.78 is 19.0. The Bertz CT molecular complexity index is 632. The Hall–Kier alpha value is -2.47. The smallest absolute Gasteiger partial charge is 0.304 e. The van der Waals surface area contributed by atoms with E-state index in [0.717, 1.165) is 17.7 Å². The molecule has 104 valence electrons. The SMILES string of the molecule is NCc1ccccc1OCc1ccc([N+](=O)[O-])c(F)c1. The predicted octanol–water partition coefficient (Wildman–Crippen LogP) is 2.77. The summed E-state index contributed by atoms with van der Waals surface area (Å²) in [5.41, 5.74) is 6.39. The first-order valence-electron chi connectivity index (χ1n) is 5.95. The first-order chi connectivity index (χ1) is 9.61. The Morgan fingerprint density at radius 2 is 2.00 bits per heavy atom. The van der Waals surface area contributed by atoms with Crippen LogP contribution < -0.4 is 10.5 Å². The summed E-state index contributed by atoms with van der Waals surface area (Å²) in [5, 5.41) is 10.5. The maximum absolute atomic E-state index is 13.5. The van der Waals surface area contributed by atoms with Gasteiger partial charge in [-0.2, -0.15) is 4.39 Å². The molecular weight excluding hydrogens is 263 g/mol. The fourth-order valence-corrected chi connectivity index (χ4v) is 1.76. The largest absolute Gasteiger partial charge is 0.489 e. The second-order valence-electron chi connectivity index (χ2n) is 4.14. The van der Waals surface area contributed by atoms with Crippen LogP contribution in [0.3, 0.4) is 0 Å². The standard InChI is InChI=1S/C14H13FN2O3/c15-12-7-10(5-6-13(12)17(18)19)9-20-14-4-2-1-3-11(14)8-16/h1-7H,8-9,16H2. The molecule has 0 fully saturated rings. The van der Waals surface area contributed by atoms with Crippen LogP contribution >= 0.6 is 0 Å². The number of rotatable bonds is 5. The number of nitrogens with zero attached hydrogens (tertiary/aromatic N) is 1. The van der Waals surface area contributed by atoms with Crippen molar-refractivity contribution < 1.29 is 14.1 Å². The van der Waals surface area contributed by atoms with Crippen LogP contribution in [-0.4, -0.2) is 4.92 Å². The molecule has 2 N–H and O–H groups in total. The number of nitrogens with two attached hydrogens (primary N) is 1. The lowest BCUT2D eigenvalue weighted by Crippen LogP contribution is -2.03. The Morgan fingerprint density at radius 3 is 2.65 bits per heavy atom. The molecule has 5 nitrogen and oxygen atoms in total. The van der Waals surface area contributed by atoms with Crippen molar-refractivity contribution in [3.8, 4) is 5.75 Å². The number of nitro benzene ring substituents is 1. The van der Waals surface area contributed by atoms with E-state index >= 15 is 0 Å². The number of para-hydroxylation sites is 1. The molecule has 0 aromatic heterocycles. The lowest BCUT2D eigenvalue weighted by Gasteiger charge is -2.10. The summed E-state index contributed by atoms with van der Waals surface area (Å²) in [6.07, 6.45) is 0. The summed E-state index contributed by atoms with van der Waals surface area (Å²) in [6, 6.07) is 11.0. The minimum Gasteiger partial charge on any atom is -0.489 e. The maximum Gasteiger partial charge on any atom is 0.304 e. The summed E-state index contributed by atoms with van der Waals surface area (Å²) in [4.78, 5) is 9.76. The molecule has 20 heavy (non-hydrogen) atoms. The molecule has 2 rings (SSSR count). The van der Waals surface area contributed by atoms with Crippen LogP contribution in [0.25, 0.3) is 0 Å². The maximum atomic E-state index is 13.5. The first kappa shape index (κ1) is 14.0. The highest BCUT2D eigenvalue weighted by Gasteiger charge is 2.14. The zero-order valence-corrected chi connectivity index (χ0v) is 10.6. The Kier molecular flexibility index (Phi) is 4.27. The molecule has 0 saturated heterocycles. The zero-order chi connectivity index (χ0) is 14.5. The molecule has 0 saturated carbocycles. The molecule has 0 atom stereocenters. The van der Waals surface area contributed by atoms with Gasteiger partial charge in [-0.05, 0) is 23.8 Å². The Labute approximate surface area is 114 Å². The van der Waals surface area contributed by atoms with Crippen LogP contribution in [0.4, 0.5) is 10.1 Å². The van der Waals surface area contributed by atoms with Gasteiger partial charge in [-0.25, -0.2) is 0 Å². The van der Waals surface area contributed by atoms with Crippen molar-refractivity contribution in [2.75, 3.05) is 0 Å².